The van der Waals surface area contributed by atoms with Gasteiger partial charge in [0.05, 0.1) is 23.6 Å². The van der Waals surface area contributed by atoms with Crippen LogP contribution in [0.15, 0.2) is 62.6 Å². The van der Waals surface area contributed by atoms with E-state index in [0.29, 0.717) is 12.1 Å². The maximum absolute atomic E-state index is 13.1. The van der Waals surface area contributed by atoms with Crippen LogP contribution in [-0.4, -0.2) is 61.1 Å². The van der Waals surface area contributed by atoms with Crippen molar-refractivity contribution in [2.45, 2.75) is 18.4 Å². The summed E-state index contributed by atoms with van der Waals surface area (Å²) in [6.07, 6.45) is -0.442. The number of amides is 1. The first-order valence-corrected chi connectivity index (χ1v) is 11.4. The molecule has 9 nitrogen and oxygen atoms in total. The van der Waals surface area contributed by atoms with E-state index in [1.165, 1.54) is 25.9 Å². The van der Waals surface area contributed by atoms with E-state index in [0.717, 1.165) is 5.56 Å². The Hall–Kier alpha value is -3.11. The number of ether oxygens (including phenoxy) is 1. The second-order valence-corrected chi connectivity index (χ2v) is 9.10. The van der Waals surface area contributed by atoms with E-state index in [9.17, 15) is 18.0 Å². The SMILES string of the molecule is CCOC(=O)N1CCN(S(=O)(=O)c2ccc3c(c2)oc(=O)n3Cc2ccccc2)CC1. The topological polar surface area (TPSA) is 102 Å². The highest BCUT2D eigenvalue weighted by Gasteiger charge is 2.31. The molecule has 1 amide bonds. The van der Waals surface area contributed by atoms with E-state index in [2.05, 4.69) is 0 Å². The fraction of sp³-hybridized carbons (Fsp3) is 0.333. The zero-order valence-electron chi connectivity index (χ0n) is 17.1. The van der Waals surface area contributed by atoms with E-state index >= 15 is 0 Å². The molecule has 0 saturated carbocycles. The first kappa shape index (κ1) is 21.1. The largest absolute Gasteiger partial charge is 0.450 e. The van der Waals surface area contributed by atoms with Gasteiger partial charge in [-0.25, -0.2) is 18.0 Å². The highest BCUT2D eigenvalue weighted by Crippen LogP contribution is 2.23. The number of sulfonamides is 1. The minimum Gasteiger partial charge on any atom is -0.450 e. The zero-order chi connectivity index (χ0) is 22.0. The van der Waals surface area contributed by atoms with Crippen LogP contribution in [0.25, 0.3) is 11.1 Å². The van der Waals surface area contributed by atoms with Gasteiger partial charge in [-0.3, -0.25) is 4.57 Å². The Morgan fingerprint density at radius 2 is 1.77 bits per heavy atom. The van der Waals surface area contributed by atoms with E-state index < -0.39 is 21.9 Å². The molecule has 0 unspecified atom stereocenters. The van der Waals surface area contributed by atoms with Crippen molar-refractivity contribution in [1.29, 1.82) is 0 Å². The molecule has 1 saturated heterocycles. The third-order valence-electron chi connectivity index (χ3n) is 5.23. The molecule has 10 heteroatoms. The highest BCUT2D eigenvalue weighted by atomic mass is 32.2. The maximum atomic E-state index is 13.1. The molecule has 31 heavy (non-hydrogen) atoms. The molecule has 0 radical (unpaired) electrons. The lowest BCUT2D eigenvalue weighted by Gasteiger charge is -2.33. The Labute approximate surface area is 179 Å². The van der Waals surface area contributed by atoms with Crippen LogP contribution in [0.2, 0.25) is 0 Å². The maximum Gasteiger partial charge on any atom is 0.420 e. The Morgan fingerprint density at radius 3 is 2.45 bits per heavy atom. The molecule has 3 aromatic rings. The molecule has 1 aliphatic rings. The van der Waals surface area contributed by atoms with Crippen molar-refractivity contribution >= 4 is 27.2 Å². The lowest BCUT2D eigenvalue weighted by atomic mass is 10.2. The molecule has 1 fully saturated rings. The van der Waals surface area contributed by atoms with Gasteiger partial charge in [0, 0.05) is 32.2 Å². The van der Waals surface area contributed by atoms with E-state index in [-0.39, 0.29) is 43.3 Å². The minimum absolute atomic E-state index is 0.0465. The fourth-order valence-corrected chi connectivity index (χ4v) is 5.04. The molecule has 0 atom stereocenters. The molecule has 0 N–H and O–H groups in total. The summed E-state index contributed by atoms with van der Waals surface area (Å²) in [5, 5.41) is 0. The number of fused-ring (bicyclic) bond motifs is 1. The predicted octanol–water partition coefficient (Wildman–Crippen LogP) is 2.11. The van der Waals surface area contributed by atoms with Crippen molar-refractivity contribution in [2.75, 3.05) is 32.8 Å². The number of oxazole rings is 1. The summed E-state index contributed by atoms with van der Waals surface area (Å²) in [4.78, 5) is 25.7. The molecular formula is C21H23N3O6S. The first-order chi connectivity index (χ1) is 14.9. The number of piperazine rings is 1. The summed E-state index contributed by atoms with van der Waals surface area (Å²) in [7, 11) is -3.79. The lowest BCUT2D eigenvalue weighted by molar-refractivity contribution is 0.0934. The number of hydrogen-bond donors (Lipinski definition) is 0. The Balaban J connectivity index is 1.56. The van der Waals surface area contributed by atoms with Crippen molar-refractivity contribution < 1.29 is 22.4 Å². The average Bonchev–Trinajstić information content (AvgIpc) is 3.09. The number of hydrogen-bond acceptors (Lipinski definition) is 6. The summed E-state index contributed by atoms with van der Waals surface area (Å²) in [6.45, 7) is 3.16. The first-order valence-electron chi connectivity index (χ1n) is 9.99. The zero-order valence-corrected chi connectivity index (χ0v) is 17.9. The van der Waals surface area contributed by atoms with Gasteiger partial charge >= 0.3 is 11.8 Å². The van der Waals surface area contributed by atoms with Gasteiger partial charge in [0.2, 0.25) is 10.0 Å². The molecule has 164 valence electrons. The Morgan fingerprint density at radius 1 is 1.06 bits per heavy atom. The quantitative estimate of drug-likeness (QED) is 0.596. The van der Waals surface area contributed by atoms with Crippen LogP contribution in [0, 0.1) is 0 Å². The number of carbonyl (C=O) groups excluding carboxylic acids is 1. The molecule has 4 rings (SSSR count). The Bertz CT molecular complexity index is 1240. The van der Waals surface area contributed by atoms with E-state index in [1.54, 1.807) is 13.0 Å². The van der Waals surface area contributed by atoms with Crippen LogP contribution in [0.5, 0.6) is 0 Å². The van der Waals surface area contributed by atoms with Gasteiger partial charge in [-0.05, 0) is 24.6 Å². The summed E-state index contributed by atoms with van der Waals surface area (Å²) in [6, 6.07) is 13.9. The van der Waals surface area contributed by atoms with Gasteiger partial charge in [0.1, 0.15) is 0 Å². The van der Waals surface area contributed by atoms with Crippen LogP contribution in [0.3, 0.4) is 0 Å². The molecule has 0 spiro atoms. The number of aromatic nitrogens is 1. The monoisotopic (exact) mass is 445 g/mol. The third kappa shape index (κ3) is 4.21. The summed E-state index contributed by atoms with van der Waals surface area (Å²) >= 11 is 0. The highest BCUT2D eigenvalue weighted by molar-refractivity contribution is 7.89. The lowest BCUT2D eigenvalue weighted by Crippen LogP contribution is -2.50. The standard InChI is InChI=1S/C21H23N3O6S/c1-2-29-20(25)22-10-12-23(13-11-22)31(27,28)17-8-9-18-19(14-17)30-21(26)24(18)15-16-6-4-3-5-7-16/h3-9,14H,2,10-13,15H2,1H3. The normalized spacial score (nSPS) is 15.3. The number of benzene rings is 2. The third-order valence-corrected chi connectivity index (χ3v) is 7.12. The van der Waals surface area contributed by atoms with E-state index in [1.807, 2.05) is 30.3 Å². The summed E-state index contributed by atoms with van der Waals surface area (Å²) < 4.78 is 39.2. The molecule has 1 aromatic heterocycles. The molecule has 0 aliphatic carbocycles. The number of nitrogens with zero attached hydrogens (tertiary/aromatic N) is 3. The van der Waals surface area contributed by atoms with Gasteiger partial charge in [0.25, 0.3) is 0 Å². The number of rotatable bonds is 5. The van der Waals surface area contributed by atoms with Gasteiger partial charge in [0.15, 0.2) is 5.58 Å². The van der Waals surface area contributed by atoms with Gasteiger partial charge in [-0.2, -0.15) is 4.31 Å². The summed E-state index contributed by atoms with van der Waals surface area (Å²) in [5.74, 6) is -0.545. The smallest absolute Gasteiger partial charge is 0.420 e. The molecular weight excluding hydrogens is 422 g/mol. The van der Waals surface area contributed by atoms with Gasteiger partial charge in [-0.15, -0.1) is 0 Å². The summed E-state index contributed by atoms with van der Waals surface area (Å²) in [5.41, 5.74) is 1.68. The van der Waals surface area contributed by atoms with Crippen molar-refractivity contribution in [1.82, 2.24) is 13.8 Å². The molecule has 2 heterocycles. The van der Waals surface area contributed by atoms with Crippen LogP contribution < -0.4 is 5.76 Å². The van der Waals surface area contributed by atoms with Gasteiger partial charge < -0.3 is 14.1 Å². The van der Waals surface area contributed by atoms with Gasteiger partial charge in [-0.1, -0.05) is 30.3 Å². The van der Waals surface area contributed by atoms with Crippen molar-refractivity contribution in [3.05, 3.63) is 64.6 Å². The number of carbonyl (C=O) groups is 1. The minimum atomic E-state index is -3.79. The second-order valence-electron chi connectivity index (χ2n) is 7.16. The van der Waals surface area contributed by atoms with Crippen LogP contribution in [0.4, 0.5) is 4.79 Å². The molecule has 1 aliphatic heterocycles. The second kappa shape index (κ2) is 8.56. The fourth-order valence-electron chi connectivity index (χ4n) is 3.60. The van der Waals surface area contributed by atoms with Crippen LogP contribution >= 0.6 is 0 Å². The Kier molecular flexibility index (Phi) is 5.84. The molecule has 0 bridgehead atoms. The van der Waals surface area contributed by atoms with E-state index in [4.69, 9.17) is 9.15 Å². The van der Waals surface area contributed by atoms with Crippen molar-refractivity contribution in [3.63, 3.8) is 0 Å². The van der Waals surface area contributed by atoms with Crippen molar-refractivity contribution in [2.24, 2.45) is 0 Å². The van der Waals surface area contributed by atoms with Crippen LogP contribution in [-0.2, 0) is 21.3 Å². The van der Waals surface area contributed by atoms with Crippen molar-refractivity contribution in [3.8, 4) is 0 Å². The average molecular weight is 445 g/mol. The predicted molar refractivity (Wildman–Crippen MR) is 113 cm³/mol. The van der Waals surface area contributed by atoms with Crippen LogP contribution in [0.1, 0.15) is 12.5 Å². The molecule has 2 aromatic carbocycles.